The van der Waals surface area contributed by atoms with Crippen molar-refractivity contribution in [3.63, 3.8) is 0 Å². The van der Waals surface area contributed by atoms with E-state index in [-0.39, 0.29) is 25.4 Å². The second-order valence-corrected chi connectivity index (χ2v) is 10.6. The number of carboxylic acids is 1. The molecule has 0 saturated carbocycles. The first-order valence-electron chi connectivity index (χ1n) is 12.5. The number of nitrogens with two attached hydrogens (primary N) is 1. The van der Waals surface area contributed by atoms with Gasteiger partial charge in [0.1, 0.15) is 12.6 Å². The second-order valence-electron chi connectivity index (χ2n) is 10.1. The largest absolute Gasteiger partial charge is 0.481 e. The van der Waals surface area contributed by atoms with Gasteiger partial charge in [0.05, 0.1) is 0 Å². The standard InChI is InChI=1S/C30H31ClN2O5/c1-30(2,17-19-11-13-20(31)14-12-19)33(26(28(32)36)15-16-27(34)35)29(37)38-18-25-23-9-5-3-7-21(23)22-8-4-6-10-24(22)25/h3-14,25-26H,15-18H2,1-2H3,(H2,32,36)(H,34,35)/t26-/m0/s1. The van der Waals surface area contributed by atoms with Crippen molar-refractivity contribution in [3.8, 4) is 11.1 Å². The highest BCUT2D eigenvalue weighted by Crippen LogP contribution is 2.44. The van der Waals surface area contributed by atoms with E-state index in [0.717, 1.165) is 27.8 Å². The van der Waals surface area contributed by atoms with Crippen LogP contribution in [0.3, 0.4) is 0 Å². The zero-order valence-corrected chi connectivity index (χ0v) is 22.1. The topological polar surface area (TPSA) is 110 Å². The number of aliphatic carboxylic acids is 1. The molecule has 1 aliphatic carbocycles. The summed E-state index contributed by atoms with van der Waals surface area (Å²) in [5.74, 6) is -2.04. The Morgan fingerprint density at radius 1 is 0.974 bits per heavy atom. The maximum Gasteiger partial charge on any atom is 0.410 e. The second kappa shape index (κ2) is 11.3. The molecule has 2 amide bonds. The highest BCUT2D eigenvalue weighted by molar-refractivity contribution is 6.30. The van der Waals surface area contributed by atoms with Crippen LogP contribution >= 0.6 is 11.6 Å². The molecule has 0 unspecified atom stereocenters. The fourth-order valence-electron chi connectivity index (χ4n) is 5.31. The van der Waals surface area contributed by atoms with Crippen LogP contribution in [-0.2, 0) is 20.7 Å². The number of hydrogen-bond acceptors (Lipinski definition) is 4. The van der Waals surface area contributed by atoms with Crippen LogP contribution < -0.4 is 5.73 Å². The van der Waals surface area contributed by atoms with E-state index < -0.39 is 29.6 Å². The molecular weight excluding hydrogens is 504 g/mol. The smallest absolute Gasteiger partial charge is 0.410 e. The van der Waals surface area contributed by atoms with E-state index in [1.807, 2.05) is 60.7 Å². The Bertz CT molecular complexity index is 1290. The molecule has 0 radical (unpaired) electrons. The number of hydrogen-bond donors (Lipinski definition) is 2. The summed E-state index contributed by atoms with van der Waals surface area (Å²) in [6.45, 7) is 3.67. The lowest BCUT2D eigenvalue weighted by Gasteiger charge is -2.42. The van der Waals surface area contributed by atoms with Gasteiger partial charge in [-0.05, 0) is 66.6 Å². The summed E-state index contributed by atoms with van der Waals surface area (Å²) in [7, 11) is 0. The lowest BCUT2D eigenvalue weighted by atomic mass is 9.90. The van der Waals surface area contributed by atoms with Crippen molar-refractivity contribution in [2.75, 3.05) is 6.61 Å². The molecule has 0 bridgehead atoms. The van der Waals surface area contributed by atoms with Crippen LogP contribution in [0, 0.1) is 0 Å². The number of halogens is 1. The van der Waals surface area contributed by atoms with Crippen LogP contribution in [0.4, 0.5) is 4.79 Å². The SMILES string of the molecule is CC(C)(Cc1ccc(Cl)cc1)N(C(=O)OCC1c2ccccc2-c2ccccc21)[C@@H](CCC(=O)O)C(N)=O. The first kappa shape index (κ1) is 27.2. The molecule has 0 spiro atoms. The molecule has 3 N–H and O–H groups in total. The van der Waals surface area contributed by atoms with Crippen LogP contribution in [0.25, 0.3) is 11.1 Å². The monoisotopic (exact) mass is 534 g/mol. The Hall–Kier alpha value is -3.84. The average Bonchev–Trinajstić information content (AvgIpc) is 3.19. The zero-order chi connectivity index (χ0) is 27.4. The van der Waals surface area contributed by atoms with Gasteiger partial charge >= 0.3 is 12.1 Å². The lowest BCUT2D eigenvalue weighted by molar-refractivity contribution is -0.138. The van der Waals surface area contributed by atoms with Gasteiger partial charge in [-0.2, -0.15) is 0 Å². The molecular formula is C30H31ClN2O5. The quantitative estimate of drug-likeness (QED) is 0.350. The van der Waals surface area contributed by atoms with Crippen molar-refractivity contribution in [2.24, 2.45) is 5.73 Å². The van der Waals surface area contributed by atoms with Gasteiger partial charge in [-0.25, -0.2) is 4.79 Å². The van der Waals surface area contributed by atoms with Gasteiger partial charge in [0, 0.05) is 22.9 Å². The van der Waals surface area contributed by atoms with E-state index in [9.17, 15) is 19.5 Å². The molecule has 1 atom stereocenters. The first-order valence-corrected chi connectivity index (χ1v) is 12.9. The minimum atomic E-state index is -1.16. The molecule has 0 aliphatic heterocycles. The van der Waals surface area contributed by atoms with E-state index in [2.05, 4.69) is 0 Å². The van der Waals surface area contributed by atoms with E-state index in [1.165, 1.54) is 4.90 Å². The number of primary amides is 1. The van der Waals surface area contributed by atoms with Gasteiger partial charge in [-0.1, -0.05) is 72.3 Å². The summed E-state index contributed by atoms with van der Waals surface area (Å²) in [6, 6.07) is 22.0. The summed E-state index contributed by atoms with van der Waals surface area (Å²) in [6.07, 6.45) is -0.804. The van der Waals surface area contributed by atoms with Gasteiger partial charge < -0.3 is 15.6 Å². The molecule has 1 aliphatic rings. The third-order valence-electron chi connectivity index (χ3n) is 7.01. The van der Waals surface area contributed by atoms with Crippen LogP contribution in [0.5, 0.6) is 0 Å². The third-order valence-corrected chi connectivity index (χ3v) is 7.26. The number of fused-ring (bicyclic) bond motifs is 3. The fraction of sp³-hybridized carbons (Fsp3) is 0.300. The highest BCUT2D eigenvalue weighted by atomic mass is 35.5. The summed E-state index contributed by atoms with van der Waals surface area (Å²) in [4.78, 5) is 38.9. The third kappa shape index (κ3) is 5.83. The predicted molar refractivity (Wildman–Crippen MR) is 146 cm³/mol. The maximum atomic E-state index is 13.7. The Morgan fingerprint density at radius 3 is 2.05 bits per heavy atom. The number of carboxylic acid groups (broad SMARTS) is 1. The van der Waals surface area contributed by atoms with Crippen molar-refractivity contribution in [1.82, 2.24) is 4.90 Å². The number of carbonyl (C=O) groups is 3. The van der Waals surface area contributed by atoms with E-state index in [1.54, 1.807) is 26.0 Å². The van der Waals surface area contributed by atoms with Crippen molar-refractivity contribution in [3.05, 3.63) is 94.5 Å². The zero-order valence-electron chi connectivity index (χ0n) is 21.4. The van der Waals surface area contributed by atoms with E-state index >= 15 is 0 Å². The van der Waals surface area contributed by atoms with Crippen molar-refractivity contribution in [1.29, 1.82) is 0 Å². The first-order chi connectivity index (χ1) is 18.1. The van der Waals surface area contributed by atoms with E-state index in [4.69, 9.17) is 22.1 Å². The summed E-state index contributed by atoms with van der Waals surface area (Å²) >= 11 is 6.03. The molecule has 0 aromatic heterocycles. The minimum absolute atomic E-state index is 0.0603. The van der Waals surface area contributed by atoms with Crippen LogP contribution in [0.2, 0.25) is 5.02 Å². The Kier molecular flexibility index (Phi) is 8.07. The number of benzene rings is 3. The number of carbonyl (C=O) groups excluding carboxylic acids is 2. The summed E-state index contributed by atoms with van der Waals surface area (Å²) in [5.41, 5.74) is 9.99. The van der Waals surface area contributed by atoms with Crippen molar-refractivity contribution < 1.29 is 24.2 Å². The number of ether oxygens (including phenoxy) is 1. The number of amides is 2. The number of nitrogens with zero attached hydrogens (tertiary/aromatic N) is 1. The number of rotatable bonds is 10. The molecule has 38 heavy (non-hydrogen) atoms. The summed E-state index contributed by atoms with van der Waals surface area (Å²) in [5, 5.41) is 9.84. The molecule has 0 heterocycles. The Morgan fingerprint density at radius 2 is 1.53 bits per heavy atom. The fourth-order valence-corrected chi connectivity index (χ4v) is 5.43. The lowest BCUT2D eigenvalue weighted by Crippen LogP contribution is -2.58. The van der Waals surface area contributed by atoms with Crippen LogP contribution in [0.15, 0.2) is 72.8 Å². The molecule has 0 fully saturated rings. The van der Waals surface area contributed by atoms with Crippen LogP contribution in [-0.4, -0.2) is 46.2 Å². The average molecular weight is 535 g/mol. The molecule has 3 aromatic carbocycles. The van der Waals surface area contributed by atoms with Gasteiger partial charge in [-0.3, -0.25) is 14.5 Å². The minimum Gasteiger partial charge on any atom is -0.481 e. The molecule has 0 saturated heterocycles. The van der Waals surface area contributed by atoms with Gasteiger partial charge in [0.2, 0.25) is 5.91 Å². The van der Waals surface area contributed by atoms with Gasteiger partial charge in [0.25, 0.3) is 0 Å². The Balaban J connectivity index is 1.62. The normalized spacial score (nSPS) is 13.3. The summed E-state index contributed by atoms with van der Waals surface area (Å²) < 4.78 is 5.89. The molecule has 4 rings (SSSR count). The van der Waals surface area contributed by atoms with E-state index in [0.29, 0.717) is 11.4 Å². The molecule has 198 valence electrons. The Labute approximate surface area is 227 Å². The van der Waals surface area contributed by atoms with Gasteiger partial charge in [-0.15, -0.1) is 0 Å². The van der Waals surface area contributed by atoms with Gasteiger partial charge in [0.15, 0.2) is 0 Å². The predicted octanol–water partition coefficient (Wildman–Crippen LogP) is 5.63. The molecule has 3 aromatic rings. The maximum absolute atomic E-state index is 13.7. The van der Waals surface area contributed by atoms with Crippen molar-refractivity contribution in [2.45, 2.75) is 50.6 Å². The molecule has 8 heteroatoms. The highest BCUT2D eigenvalue weighted by Gasteiger charge is 2.41. The van der Waals surface area contributed by atoms with Crippen molar-refractivity contribution >= 4 is 29.6 Å². The molecule has 7 nitrogen and oxygen atoms in total. The van der Waals surface area contributed by atoms with Crippen LogP contribution in [0.1, 0.15) is 49.3 Å².